The van der Waals surface area contributed by atoms with Crippen molar-refractivity contribution in [2.24, 2.45) is 11.8 Å². The van der Waals surface area contributed by atoms with Crippen LogP contribution in [0.3, 0.4) is 0 Å². The molecule has 5 aliphatic heterocycles. The molecule has 8 amide bonds. The van der Waals surface area contributed by atoms with E-state index in [4.69, 9.17) is 13.9 Å². The van der Waals surface area contributed by atoms with Gasteiger partial charge >= 0.3 is 11.9 Å². The average molecular weight is 1350 g/mol. The van der Waals surface area contributed by atoms with Crippen LogP contribution in [-0.2, 0) is 70.3 Å². The number of aromatic hydroxyl groups is 1. The maximum absolute atomic E-state index is 14.8. The number of hydrogen-bond acceptors (Lipinski definition) is 19. The first-order chi connectivity index (χ1) is 46.8. The molecule has 520 valence electrons. The third kappa shape index (κ3) is 18.8. The monoisotopic (exact) mass is 1350 g/mol. The van der Waals surface area contributed by atoms with E-state index in [0.29, 0.717) is 12.8 Å². The van der Waals surface area contributed by atoms with Crippen molar-refractivity contribution in [1.82, 2.24) is 50.8 Å². The number of aliphatic hydroxyl groups is 1. The van der Waals surface area contributed by atoms with E-state index in [1.165, 1.54) is 58.0 Å². The molecule has 27 nitrogen and oxygen atoms in total. The minimum Gasteiger partial charge on any atom is -0.505 e. The predicted octanol–water partition coefficient (Wildman–Crippen LogP) is 3.86. The first kappa shape index (κ1) is 73.4. The fourth-order valence-corrected chi connectivity index (χ4v) is 12.2. The number of amides is 8. The highest BCUT2D eigenvalue weighted by Crippen LogP contribution is 2.29. The van der Waals surface area contributed by atoms with Crippen molar-refractivity contribution in [3.8, 4) is 5.75 Å². The third-order valence-corrected chi connectivity index (χ3v) is 17.4. The number of carbonyl (C=O) groups excluding carboxylic acids is 12. The summed E-state index contributed by atoms with van der Waals surface area (Å²) in [5.74, 6) is -8.36. The Morgan fingerprint density at radius 3 is 2.22 bits per heavy atom. The summed E-state index contributed by atoms with van der Waals surface area (Å²) in [5.41, 5.74) is 1.37. The maximum Gasteiger partial charge on any atom is 0.355 e. The molecule has 0 spiro atoms. The molecule has 0 saturated carbocycles. The summed E-state index contributed by atoms with van der Waals surface area (Å²) >= 11 is 0. The molecule has 9 rings (SSSR count). The number of likely N-dealkylation sites (N-methyl/N-ethyl adjacent to an activating group) is 1. The molecule has 5 aliphatic rings. The zero-order valence-corrected chi connectivity index (χ0v) is 55.8. The number of nitrogens with zero attached hydrogens (tertiary/aromatic N) is 6. The number of ketones is 2. The lowest BCUT2D eigenvalue weighted by Crippen LogP contribution is -2.61. The number of Topliss-reactive ketones (excluding diaryl/α,β-unsaturated/α-hetero) is 2. The standard InChI is InChI=1S/C43H49N7O10.C28H35N3O7/c1-4-29-40(56)49-21-12-17-30(49)41(57)48(3)32(23-26-13-7-5-8-14-26)42(58)50-22-19-28(51)24-31(50)37(53)47-35(27-15-9-6-10-16-27)43(59)60-25(2)34(38(54)45-29)46-39(55)36-33(52)18-11-20-44-36;1-17(2)26-19(4)9-10-24(34)29-11-5-7-18(3)13-20(32)14-21(33)15-25-30-22(16-37-25)27(35)31-12-6-8-23(31)28(36)38-26/h5-11,13-16,18,20,25,29-32,34-35,52H,4,12,17,19,21-24H2,1-3H3,(H,45,54)(H,46,55)(H,47,53);5,7-10,13,16-17,19-20,26,32H,6,11-12,14-15H2,1-4H3,(H,29,34)/b;7-5-,10-9-,18-13-. The van der Waals surface area contributed by atoms with Crippen molar-refractivity contribution < 1.29 is 81.6 Å². The lowest BCUT2D eigenvalue weighted by molar-refractivity contribution is -0.157. The molecule has 7 heterocycles. The van der Waals surface area contributed by atoms with Crippen molar-refractivity contribution >= 4 is 70.8 Å². The van der Waals surface area contributed by atoms with Crippen LogP contribution in [0.1, 0.15) is 131 Å². The molecule has 10 unspecified atom stereocenters. The zero-order chi connectivity index (χ0) is 70.9. The molecule has 3 saturated heterocycles. The Balaban J connectivity index is 0.000000277. The summed E-state index contributed by atoms with van der Waals surface area (Å²) in [5, 5.41) is 31.2. The highest BCUT2D eigenvalue weighted by molar-refractivity contribution is 6.02. The third-order valence-electron chi connectivity index (χ3n) is 17.4. The van der Waals surface area contributed by atoms with E-state index in [-0.39, 0.29) is 123 Å². The van der Waals surface area contributed by atoms with Crippen molar-refractivity contribution in [3.05, 3.63) is 161 Å². The summed E-state index contributed by atoms with van der Waals surface area (Å²) in [7, 11) is 1.47. The number of allylic oxidation sites excluding steroid dienone is 2. The lowest BCUT2D eigenvalue weighted by Gasteiger charge is -2.40. The van der Waals surface area contributed by atoms with Gasteiger partial charge in [-0.15, -0.1) is 0 Å². The van der Waals surface area contributed by atoms with Crippen molar-refractivity contribution in [2.75, 3.05) is 33.2 Å². The number of esters is 2. The Morgan fingerprint density at radius 1 is 0.806 bits per heavy atom. The molecule has 0 radical (unpaired) electrons. The second-order valence-electron chi connectivity index (χ2n) is 25.0. The number of cyclic esters (lactones) is 2. The van der Waals surface area contributed by atoms with Gasteiger partial charge in [0.2, 0.25) is 41.3 Å². The summed E-state index contributed by atoms with van der Waals surface area (Å²) < 4.78 is 17.0. The molecule has 2 bridgehead atoms. The van der Waals surface area contributed by atoms with E-state index in [1.807, 2.05) is 26.8 Å². The van der Waals surface area contributed by atoms with E-state index in [9.17, 15) is 67.7 Å². The second-order valence-corrected chi connectivity index (χ2v) is 25.0. The molecule has 4 aromatic rings. The van der Waals surface area contributed by atoms with Gasteiger partial charge in [0.1, 0.15) is 71.7 Å². The van der Waals surface area contributed by atoms with Gasteiger partial charge in [0.15, 0.2) is 17.4 Å². The van der Waals surface area contributed by atoms with Crippen LogP contribution in [0.5, 0.6) is 5.75 Å². The molecule has 3 fully saturated rings. The fourth-order valence-electron chi connectivity index (χ4n) is 12.2. The van der Waals surface area contributed by atoms with Crippen molar-refractivity contribution in [1.29, 1.82) is 0 Å². The van der Waals surface area contributed by atoms with Gasteiger partial charge in [0.25, 0.3) is 11.8 Å². The molecule has 2 aromatic carbocycles. The quantitative estimate of drug-likeness (QED) is 0.143. The number of ether oxygens (including phenoxy) is 2. The molecule has 27 heteroatoms. The predicted molar refractivity (Wildman–Crippen MR) is 352 cm³/mol. The molecular weight excluding hydrogens is 1260 g/mol. The molecule has 98 heavy (non-hydrogen) atoms. The van der Waals surface area contributed by atoms with Gasteiger partial charge < -0.3 is 65.0 Å². The smallest absolute Gasteiger partial charge is 0.355 e. The van der Waals surface area contributed by atoms with Crippen LogP contribution < -0.4 is 21.3 Å². The number of piperidine rings is 1. The highest BCUT2D eigenvalue weighted by Gasteiger charge is 2.46. The number of fused-ring (bicyclic) bond motifs is 5. The number of aliphatic hydroxyl groups excluding tert-OH is 1. The fraction of sp³-hybridized carbons (Fsp3) is 0.437. The van der Waals surface area contributed by atoms with E-state index < -0.39 is 119 Å². The van der Waals surface area contributed by atoms with E-state index in [1.54, 1.807) is 98.8 Å². The number of hydrogen-bond donors (Lipinski definition) is 6. The Morgan fingerprint density at radius 2 is 1.52 bits per heavy atom. The Bertz CT molecular complexity index is 3750. The van der Waals surface area contributed by atoms with Crippen LogP contribution in [0, 0.1) is 11.8 Å². The van der Waals surface area contributed by atoms with Gasteiger partial charge in [-0.3, -0.25) is 47.9 Å². The number of aromatic nitrogens is 2. The van der Waals surface area contributed by atoms with Crippen LogP contribution in [-0.4, -0.2) is 192 Å². The largest absolute Gasteiger partial charge is 0.505 e. The van der Waals surface area contributed by atoms with Crippen LogP contribution >= 0.6 is 0 Å². The van der Waals surface area contributed by atoms with Crippen molar-refractivity contribution in [2.45, 2.75) is 154 Å². The number of benzene rings is 2. The minimum atomic E-state index is -1.68. The van der Waals surface area contributed by atoms with Crippen LogP contribution in [0.25, 0.3) is 0 Å². The zero-order valence-electron chi connectivity index (χ0n) is 55.8. The van der Waals surface area contributed by atoms with Crippen molar-refractivity contribution in [3.63, 3.8) is 0 Å². The normalized spacial score (nSPS) is 26.7. The number of rotatable bonds is 7. The highest BCUT2D eigenvalue weighted by atomic mass is 16.6. The minimum absolute atomic E-state index is 0.0315. The van der Waals surface area contributed by atoms with Gasteiger partial charge in [-0.2, -0.15) is 0 Å². The summed E-state index contributed by atoms with van der Waals surface area (Å²) in [6.45, 7) is 11.0. The van der Waals surface area contributed by atoms with E-state index >= 15 is 0 Å². The lowest BCUT2D eigenvalue weighted by atomic mass is 9.94. The molecular formula is C71H84N10O17. The van der Waals surface area contributed by atoms with E-state index in [2.05, 4.69) is 31.2 Å². The van der Waals surface area contributed by atoms with Gasteiger partial charge in [-0.25, -0.2) is 19.6 Å². The maximum atomic E-state index is 14.8. The number of oxazole rings is 1. The average Bonchev–Trinajstić information content (AvgIpc) is 1.08. The van der Waals surface area contributed by atoms with Gasteiger partial charge in [0, 0.05) is 71.0 Å². The Labute approximate surface area is 567 Å². The number of pyridine rings is 1. The van der Waals surface area contributed by atoms with Gasteiger partial charge in [-0.05, 0) is 74.8 Å². The van der Waals surface area contributed by atoms with E-state index in [0.717, 1.165) is 17.4 Å². The summed E-state index contributed by atoms with van der Waals surface area (Å²) in [6.07, 6.45) is 9.72. The molecule has 10 atom stereocenters. The van der Waals surface area contributed by atoms with Gasteiger partial charge in [-0.1, -0.05) is 124 Å². The van der Waals surface area contributed by atoms with Crippen LogP contribution in [0.2, 0.25) is 0 Å². The molecule has 6 N–H and O–H groups in total. The van der Waals surface area contributed by atoms with Gasteiger partial charge in [0.05, 0.1) is 12.5 Å². The topological polar surface area (TPSA) is 364 Å². The first-order valence-corrected chi connectivity index (χ1v) is 32.8. The molecule has 0 aliphatic carbocycles. The van der Waals surface area contributed by atoms with Crippen LogP contribution in [0.4, 0.5) is 0 Å². The first-order valence-electron chi connectivity index (χ1n) is 32.8. The summed E-state index contributed by atoms with van der Waals surface area (Å²) in [4.78, 5) is 177. The Hall–Kier alpha value is -10.4. The van der Waals surface area contributed by atoms with Crippen LogP contribution in [0.15, 0.2) is 137 Å². The summed E-state index contributed by atoms with van der Waals surface area (Å²) in [6, 6.07) is 11.7. The number of carbonyl (C=O) groups is 12. The SMILES string of the molecule is CC1=C/C(O)CC(=O)Cc2nc(co2)C(=O)N2CCC=C2C(=O)OC(C(C)C)C(C)/C=C\C(=O)NC/C=C\1.CCC1NC(=O)C(NC(=O)c2ncccc2O)C(C)OC(=O)C(c2ccccc2)NC(=O)C2CC(=O)CCN2C(=O)C(Cc2ccccc2)N(C)C(=O)C2CCCN2C1=O. The second kappa shape index (κ2) is 34.0. The Kier molecular flexibility index (Phi) is 25.4. The molecule has 2 aromatic heterocycles. The number of nitrogens with one attached hydrogen (secondary N) is 4.